The van der Waals surface area contributed by atoms with E-state index in [1.54, 1.807) is 0 Å². The van der Waals surface area contributed by atoms with Crippen LogP contribution in [0.2, 0.25) is 5.02 Å². The van der Waals surface area contributed by atoms with Gasteiger partial charge in [-0.3, -0.25) is 0 Å². The molecule has 2 heterocycles. The van der Waals surface area contributed by atoms with Crippen molar-refractivity contribution in [1.82, 2.24) is 0 Å². The molecule has 1 aliphatic carbocycles. The van der Waals surface area contributed by atoms with E-state index in [1.807, 2.05) is 24.3 Å². The van der Waals surface area contributed by atoms with E-state index in [4.69, 9.17) is 22.1 Å². The van der Waals surface area contributed by atoms with Crippen LogP contribution >= 0.6 is 22.9 Å². The Bertz CT molecular complexity index is 979. The number of nitrogen functional groups attached to an aromatic ring is 1. The fraction of sp³-hybridized carbons (Fsp3) is 0.263. The Labute approximate surface area is 154 Å². The van der Waals surface area contributed by atoms with Crippen molar-refractivity contribution in [2.24, 2.45) is 0 Å². The Hall–Kier alpha value is -2.11. The molecule has 0 fully saturated rings. The van der Waals surface area contributed by atoms with E-state index >= 15 is 0 Å². The average Bonchev–Trinajstić information content (AvgIpc) is 2.96. The zero-order chi connectivity index (χ0) is 17.6. The van der Waals surface area contributed by atoms with Gasteiger partial charge in [0.2, 0.25) is 0 Å². The first-order valence-electron chi connectivity index (χ1n) is 8.23. The number of aromatic nitrogens is 1. The van der Waals surface area contributed by atoms with Crippen LogP contribution in [0.4, 0.5) is 5.69 Å². The molecule has 1 aliphatic rings. The lowest BCUT2D eigenvalue weighted by Gasteiger charge is -2.16. The molecule has 0 saturated carbocycles. The summed E-state index contributed by atoms with van der Waals surface area (Å²) < 4.78 is 4.89. The van der Waals surface area contributed by atoms with Crippen LogP contribution in [0.15, 0.2) is 24.3 Å². The predicted octanol–water partition coefficient (Wildman–Crippen LogP) is 4.28. The third-order valence-corrected chi connectivity index (χ3v) is 6.09. The maximum Gasteiger partial charge on any atom is 0.350 e. The van der Waals surface area contributed by atoms with Gasteiger partial charge in [-0.1, -0.05) is 35.1 Å². The number of aryl methyl sites for hydroxylation is 1. The minimum Gasteiger partial charge on any atom is -0.465 e. The largest absolute Gasteiger partial charge is 0.465 e. The predicted molar refractivity (Wildman–Crippen MR) is 101 cm³/mol. The lowest BCUT2D eigenvalue weighted by molar-refractivity contribution is -0.356. The van der Waals surface area contributed by atoms with Crippen molar-refractivity contribution < 1.29 is 14.5 Å². The number of halogens is 1. The summed E-state index contributed by atoms with van der Waals surface area (Å²) in [6, 6.07) is 7.80. The Morgan fingerprint density at radius 3 is 2.68 bits per heavy atom. The number of nitrogens with two attached hydrogens (primary N) is 1. The van der Waals surface area contributed by atoms with Gasteiger partial charge in [-0.2, -0.15) is 4.98 Å². The molecule has 1 aromatic carbocycles. The maximum absolute atomic E-state index is 12.1. The van der Waals surface area contributed by atoms with Crippen molar-refractivity contribution in [2.45, 2.75) is 25.7 Å². The van der Waals surface area contributed by atoms with Gasteiger partial charge in [-0.05, 0) is 37.0 Å². The smallest absolute Gasteiger partial charge is 0.350 e. The standard InChI is InChI=1S/C19H17ClN2O2S/c1-24-19(23)17-16(21)15-14(10-6-8-11(20)9-7-10)12-4-2-3-5-13(12)22-18(15)25-17/h6-9H,2-5,21H2,1H3/p+1. The van der Waals surface area contributed by atoms with E-state index in [-0.39, 0.29) is 0 Å². The van der Waals surface area contributed by atoms with Crippen LogP contribution in [0.3, 0.4) is 0 Å². The summed E-state index contributed by atoms with van der Waals surface area (Å²) in [6.45, 7) is 0. The zero-order valence-electron chi connectivity index (χ0n) is 13.8. The molecule has 6 heteroatoms. The first-order chi connectivity index (χ1) is 12.1. The normalized spacial score (nSPS) is 13.7. The number of rotatable bonds is 2. The molecular weight excluding hydrogens is 356 g/mol. The molecule has 4 rings (SSSR count). The molecule has 0 aliphatic heterocycles. The topological polar surface area (TPSA) is 66.5 Å². The number of aromatic amines is 1. The number of carbonyl (C=O) groups is 1. The SMILES string of the molecule is COC(=O)c1sc2[nH+]c3c(c(-c4ccc(Cl)cc4)c2c1N)CCCC3. The van der Waals surface area contributed by atoms with Gasteiger partial charge in [0.15, 0.2) is 5.69 Å². The maximum atomic E-state index is 12.1. The summed E-state index contributed by atoms with van der Waals surface area (Å²) in [4.78, 5) is 17.0. The van der Waals surface area contributed by atoms with Crippen LogP contribution in [-0.4, -0.2) is 13.1 Å². The molecule has 0 atom stereocenters. The third-order valence-electron chi connectivity index (χ3n) is 4.73. The molecule has 128 valence electrons. The molecule has 3 aromatic rings. The minimum absolute atomic E-state index is 0.396. The Morgan fingerprint density at radius 2 is 1.96 bits per heavy atom. The van der Waals surface area contributed by atoms with E-state index in [1.165, 1.54) is 36.1 Å². The molecule has 0 spiro atoms. The average molecular weight is 374 g/mol. The second-order valence-corrected chi connectivity index (χ2v) is 7.67. The van der Waals surface area contributed by atoms with Crippen molar-refractivity contribution in [3.8, 4) is 11.1 Å². The summed E-state index contributed by atoms with van der Waals surface area (Å²) in [6.07, 6.45) is 4.33. The zero-order valence-corrected chi connectivity index (χ0v) is 15.4. The van der Waals surface area contributed by atoms with Crippen molar-refractivity contribution in [2.75, 3.05) is 12.8 Å². The van der Waals surface area contributed by atoms with Crippen LogP contribution in [0, 0.1) is 0 Å². The highest BCUT2D eigenvalue weighted by Gasteiger charge is 2.29. The second-order valence-electron chi connectivity index (χ2n) is 6.21. The van der Waals surface area contributed by atoms with Gasteiger partial charge in [0.05, 0.1) is 18.2 Å². The van der Waals surface area contributed by atoms with Crippen LogP contribution in [0.1, 0.15) is 33.8 Å². The highest BCUT2D eigenvalue weighted by atomic mass is 35.5. The Morgan fingerprint density at radius 1 is 1.24 bits per heavy atom. The van der Waals surface area contributed by atoms with Gasteiger partial charge in [-0.25, -0.2) is 4.79 Å². The van der Waals surface area contributed by atoms with Gasteiger partial charge in [0.1, 0.15) is 4.88 Å². The fourth-order valence-corrected chi connectivity index (χ4v) is 4.76. The summed E-state index contributed by atoms with van der Waals surface area (Å²) in [5, 5.41) is 1.61. The quantitative estimate of drug-likeness (QED) is 0.681. The number of thiophene rings is 1. The molecule has 0 amide bonds. The third kappa shape index (κ3) is 2.68. The first kappa shape index (κ1) is 16.4. The number of methoxy groups -OCH3 is 1. The summed E-state index contributed by atoms with van der Waals surface area (Å²) in [7, 11) is 1.38. The number of hydrogen-bond acceptors (Lipinski definition) is 4. The number of nitrogens with one attached hydrogen (secondary N) is 1. The number of pyridine rings is 1. The molecule has 0 radical (unpaired) electrons. The number of hydrogen-bond donors (Lipinski definition) is 1. The van der Waals surface area contributed by atoms with Gasteiger partial charge in [0, 0.05) is 22.6 Å². The molecule has 4 nitrogen and oxygen atoms in total. The number of fused-ring (bicyclic) bond motifs is 2. The monoisotopic (exact) mass is 373 g/mol. The van der Waals surface area contributed by atoms with E-state index in [0.717, 1.165) is 40.6 Å². The lowest BCUT2D eigenvalue weighted by Crippen LogP contribution is -2.19. The van der Waals surface area contributed by atoms with E-state index in [2.05, 4.69) is 4.98 Å². The Kier molecular flexibility index (Phi) is 4.13. The lowest BCUT2D eigenvalue weighted by atomic mass is 9.87. The van der Waals surface area contributed by atoms with Crippen molar-refractivity contribution in [1.29, 1.82) is 0 Å². The number of anilines is 1. The minimum atomic E-state index is -0.396. The highest BCUT2D eigenvalue weighted by molar-refractivity contribution is 7.20. The summed E-state index contributed by atoms with van der Waals surface area (Å²) in [5.41, 5.74) is 11.6. The number of benzene rings is 1. The molecule has 2 aromatic heterocycles. The van der Waals surface area contributed by atoms with Crippen molar-refractivity contribution in [3.63, 3.8) is 0 Å². The molecular formula is C19H18ClN2O2S+. The van der Waals surface area contributed by atoms with Crippen LogP contribution < -0.4 is 10.7 Å². The van der Waals surface area contributed by atoms with Crippen LogP contribution in [-0.2, 0) is 17.6 Å². The van der Waals surface area contributed by atoms with E-state index in [0.29, 0.717) is 15.6 Å². The Balaban J connectivity index is 2.08. The molecule has 0 bridgehead atoms. The molecule has 0 saturated heterocycles. The van der Waals surface area contributed by atoms with Gasteiger partial charge in [0.25, 0.3) is 4.83 Å². The first-order valence-corrected chi connectivity index (χ1v) is 9.43. The number of esters is 1. The number of carbonyl (C=O) groups excluding carboxylic acids is 1. The fourth-order valence-electron chi connectivity index (χ4n) is 3.57. The molecule has 3 N–H and O–H groups in total. The summed E-state index contributed by atoms with van der Waals surface area (Å²) in [5.74, 6) is -0.396. The number of ether oxygens (including phenoxy) is 1. The summed E-state index contributed by atoms with van der Waals surface area (Å²) >= 11 is 7.43. The van der Waals surface area contributed by atoms with Crippen molar-refractivity contribution >= 4 is 44.8 Å². The van der Waals surface area contributed by atoms with Crippen molar-refractivity contribution in [3.05, 3.63) is 45.4 Å². The van der Waals surface area contributed by atoms with Crippen LogP contribution in [0.25, 0.3) is 21.3 Å². The van der Waals surface area contributed by atoms with E-state index in [9.17, 15) is 4.79 Å². The molecule has 25 heavy (non-hydrogen) atoms. The van der Waals surface area contributed by atoms with Crippen LogP contribution in [0.5, 0.6) is 0 Å². The second kappa shape index (κ2) is 6.32. The van der Waals surface area contributed by atoms with Gasteiger partial charge >= 0.3 is 5.97 Å². The highest BCUT2D eigenvalue weighted by Crippen LogP contribution is 2.42. The number of H-pyrrole nitrogens is 1. The molecule has 0 unspecified atom stereocenters. The van der Waals surface area contributed by atoms with E-state index < -0.39 is 5.97 Å². The van der Waals surface area contributed by atoms with Gasteiger partial charge in [-0.15, -0.1) is 0 Å². The van der Waals surface area contributed by atoms with Gasteiger partial charge < -0.3 is 10.5 Å².